The van der Waals surface area contributed by atoms with Crippen LogP contribution in [-0.2, 0) is 4.79 Å². The van der Waals surface area contributed by atoms with Gasteiger partial charge < -0.3 is 21.3 Å². The highest BCUT2D eigenvalue weighted by molar-refractivity contribution is 5.91. The van der Waals surface area contributed by atoms with Crippen LogP contribution in [0.2, 0.25) is 0 Å². The Balaban J connectivity index is 2.56. The lowest BCUT2D eigenvalue weighted by Gasteiger charge is -2.21. The number of aliphatic imine (C=N–C) groups is 1. The Morgan fingerprint density at radius 1 is 1.19 bits per heavy atom. The maximum atomic E-state index is 11.2. The van der Waals surface area contributed by atoms with Gasteiger partial charge in [-0.2, -0.15) is 4.99 Å². The number of amides is 1. The van der Waals surface area contributed by atoms with Crippen LogP contribution in [0.5, 0.6) is 0 Å². The lowest BCUT2D eigenvalue weighted by atomic mass is 10.4. The molecular formula is C9H18N6O. The molecule has 0 radical (unpaired) electrons. The number of carbonyl (C=O) groups excluding carboxylic acids is 1. The van der Waals surface area contributed by atoms with E-state index in [-0.39, 0.29) is 17.8 Å². The lowest BCUT2D eigenvalue weighted by Crippen LogP contribution is -2.37. The summed E-state index contributed by atoms with van der Waals surface area (Å²) in [6.45, 7) is 4.17. The first-order chi connectivity index (χ1) is 7.50. The van der Waals surface area contributed by atoms with Gasteiger partial charge in [0.05, 0.1) is 0 Å². The van der Waals surface area contributed by atoms with Gasteiger partial charge in [-0.15, -0.1) is 0 Å². The average molecular weight is 226 g/mol. The summed E-state index contributed by atoms with van der Waals surface area (Å²) in [6, 6.07) is 0. The Bertz CT molecular complexity index is 309. The van der Waals surface area contributed by atoms with Crippen molar-refractivity contribution in [3.8, 4) is 0 Å². The SMILES string of the molecule is CC(=O)N1CCCN(C(=N)N=C(N)N)CC1. The quantitative estimate of drug-likeness (QED) is 0.354. The van der Waals surface area contributed by atoms with Gasteiger partial charge in [0.2, 0.25) is 11.9 Å². The van der Waals surface area contributed by atoms with Gasteiger partial charge in [-0.1, -0.05) is 0 Å². The number of nitrogens with one attached hydrogen (secondary N) is 1. The first-order valence-electron chi connectivity index (χ1n) is 5.19. The molecule has 1 amide bonds. The molecule has 0 aromatic rings. The van der Waals surface area contributed by atoms with E-state index in [4.69, 9.17) is 16.9 Å². The Morgan fingerprint density at radius 2 is 1.75 bits per heavy atom. The summed E-state index contributed by atoms with van der Waals surface area (Å²) in [5.74, 6) is 0.0123. The van der Waals surface area contributed by atoms with Crippen LogP contribution in [-0.4, -0.2) is 53.8 Å². The van der Waals surface area contributed by atoms with Gasteiger partial charge in [0, 0.05) is 33.1 Å². The molecule has 1 aliphatic rings. The van der Waals surface area contributed by atoms with Crippen LogP contribution < -0.4 is 11.5 Å². The van der Waals surface area contributed by atoms with Gasteiger partial charge in [0.1, 0.15) is 0 Å². The minimum absolute atomic E-state index is 0.0606. The largest absolute Gasteiger partial charge is 0.370 e. The topological polar surface area (TPSA) is 112 Å². The van der Waals surface area contributed by atoms with Crippen LogP contribution in [0, 0.1) is 5.41 Å². The molecule has 0 unspecified atom stereocenters. The summed E-state index contributed by atoms with van der Waals surface area (Å²) in [5.41, 5.74) is 10.4. The van der Waals surface area contributed by atoms with Gasteiger partial charge >= 0.3 is 0 Å². The zero-order valence-electron chi connectivity index (χ0n) is 9.44. The molecule has 7 nitrogen and oxygen atoms in total. The maximum absolute atomic E-state index is 11.2. The second-order valence-electron chi connectivity index (χ2n) is 3.71. The first-order valence-corrected chi connectivity index (χ1v) is 5.19. The minimum atomic E-state index is -0.113. The normalized spacial score (nSPS) is 16.6. The van der Waals surface area contributed by atoms with E-state index < -0.39 is 0 Å². The monoisotopic (exact) mass is 226 g/mol. The van der Waals surface area contributed by atoms with Gasteiger partial charge in [0.25, 0.3) is 0 Å². The summed E-state index contributed by atoms with van der Waals surface area (Å²) in [6.07, 6.45) is 0.821. The molecule has 1 fully saturated rings. The number of hydrogen-bond donors (Lipinski definition) is 3. The second-order valence-corrected chi connectivity index (χ2v) is 3.71. The predicted octanol–water partition coefficient (Wildman–Crippen LogP) is -1.25. The third-order valence-electron chi connectivity index (χ3n) is 2.48. The highest BCUT2D eigenvalue weighted by atomic mass is 16.2. The molecule has 16 heavy (non-hydrogen) atoms. The van der Waals surface area contributed by atoms with Crippen molar-refractivity contribution in [1.29, 1.82) is 5.41 Å². The number of carbonyl (C=O) groups is 1. The van der Waals surface area contributed by atoms with Crippen LogP contribution >= 0.6 is 0 Å². The second kappa shape index (κ2) is 5.34. The molecule has 0 spiro atoms. The summed E-state index contributed by atoms with van der Waals surface area (Å²) in [4.78, 5) is 18.4. The predicted molar refractivity (Wildman–Crippen MR) is 62.0 cm³/mol. The van der Waals surface area contributed by atoms with Gasteiger partial charge in [0.15, 0.2) is 5.96 Å². The molecule has 1 heterocycles. The molecule has 0 atom stereocenters. The smallest absolute Gasteiger partial charge is 0.221 e. The molecular weight excluding hydrogens is 208 g/mol. The van der Waals surface area contributed by atoms with Crippen LogP contribution in [0.25, 0.3) is 0 Å². The van der Waals surface area contributed by atoms with Crippen LogP contribution in [0.15, 0.2) is 4.99 Å². The van der Waals surface area contributed by atoms with E-state index in [1.807, 2.05) is 0 Å². The first kappa shape index (κ1) is 12.3. The van der Waals surface area contributed by atoms with Gasteiger partial charge in [-0.05, 0) is 6.42 Å². The third-order valence-corrected chi connectivity index (χ3v) is 2.48. The Hall–Kier alpha value is -1.79. The molecule has 0 aliphatic carbocycles. The minimum Gasteiger partial charge on any atom is -0.370 e. The number of guanidine groups is 2. The van der Waals surface area contributed by atoms with E-state index in [1.165, 1.54) is 0 Å². The van der Waals surface area contributed by atoms with Crippen molar-refractivity contribution in [2.45, 2.75) is 13.3 Å². The summed E-state index contributed by atoms with van der Waals surface area (Å²) in [5, 5.41) is 7.66. The van der Waals surface area contributed by atoms with E-state index >= 15 is 0 Å². The number of nitrogens with two attached hydrogens (primary N) is 2. The molecule has 5 N–H and O–H groups in total. The zero-order chi connectivity index (χ0) is 12.1. The standard InChI is InChI=1S/C9H18N6O/c1-7(16)14-3-2-4-15(6-5-14)9(12)13-8(10)11/h2-6H2,1H3,(H5,10,11,12,13). The molecule has 0 bridgehead atoms. The van der Waals surface area contributed by atoms with E-state index in [2.05, 4.69) is 4.99 Å². The fourth-order valence-electron chi connectivity index (χ4n) is 1.64. The van der Waals surface area contributed by atoms with Crippen molar-refractivity contribution in [3.63, 3.8) is 0 Å². The van der Waals surface area contributed by atoms with Crippen molar-refractivity contribution < 1.29 is 4.79 Å². The zero-order valence-corrected chi connectivity index (χ0v) is 9.44. The van der Waals surface area contributed by atoms with E-state index in [9.17, 15) is 4.79 Å². The molecule has 90 valence electrons. The van der Waals surface area contributed by atoms with Crippen molar-refractivity contribution in [3.05, 3.63) is 0 Å². The van der Waals surface area contributed by atoms with E-state index in [0.717, 1.165) is 13.0 Å². The number of hydrogen-bond acceptors (Lipinski definition) is 2. The molecule has 1 saturated heterocycles. The lowest BCUT2D eigenvalue weighted by molar-refractivity contribution is -0.128. The summed E-state index contributed by atoms with van der Waals surface area (Å²) < 4.78 is 0. The average Bonchev–Trinajstić information content (AvgIpc) is 2.41. The molecule has 0 aromatic carbocycles. The Kier molecular flexibility index (Phi) is 4.10. The van der Waals surface area contributed by atoms with Gasteiger partial charge in [-0.25, -0.2) is 0 Å². The number of nitrogens with zero attached hydrogens (tertiary/aromatic N) is 3. The van der Waals surface area contributed by atoms with Crippen molar-refractivity contribution >= 4 is 17.8 Å². The van der Waals surface area contributed by atoms with Crippen LogP contribution in [0.1, 0.15) is 13.3 Å². The van der Waals surface area contributed by atoms with Crippen LogP contribution in [0.4, 0.5) is 0 Å². The highest BCUT2D eigenvalue weighted by Gasteiger charge is 2.17. The molecule has 7 heteroatoms. The fraction of sp³-hybridized carbons (Fsp3) is 0.667. The van der Waals surface area contributed by atoms with E-state index in [0.29, 0.717) is 19.6 Å². The highest BCUT2D eigenvalue weighted by Crippen LogP contribution is 2.04. The maximum Gasteiger partial charge on any atom is 0.221 e. The van der Waals surface area contributed by atoms with Gasteiger partial charge in [-0.3, -0.25) is 10.2 Å². The molecule has 1 rings (SSSR count). The fourth-order valence-corrected chi connectivity index (χ4v) is 1.64. The Labute approximate surface area is 94.6 Å². The van der Waals surface area contributed by atoms with Crippen molar-refractivity contribution in [2.24, 2.45) is 16.5 Å². The van der Waals surface area contributed by atoms with Crippen molar-refractivity contribution in [1.82, 2.24) is 9.80 Å². The summed E-state index contributed by atoms with van der Waals surface area (Å²) in [7, 11) is 0. The Morgan fingerprint density at radius 3 is 2.31 bits per heavy atom. The molecule has 1 aliphatic heterocycles. The molecule has 0 aromatic heterocycles. The van der Waals surface area contributed by atoms with Crippen LogP contribution in [0.3, 0.4) is 0 Å². The molecule has 0 saturated carbocycles. The third kappa shape index (κ3) is 3.41. The van der Waals surface area contributed by atoms with E-state index in [1.54, 1.807) is 16.7 Å². The van der Waals surface area contributed by atoms with Crippen molar-refractivity contribution in [2.75, 3.05) is 26.2 Å². The summed E-state index contributed by atoms with van der Waals surface area (Å²) >= 11 is 0. The number of rotatable bonds is 0.